The lowest BCUT2D eigenvalue weighted by molar-refractivity contribution is -0.116. The van der Waals surface area contributed by atoms with Crippen molar-refractivity contribution >= 4 is 23.3 Å². The summed E-state index contributed by atoms with van der Waals surface area (Å²) < 4.78 is 13.2. The van der Waals surface area contributed by atoms with Crippen molar-refractivity contribution in [1.82, 2.24) is 5.32 Å². The minimum absolute atomic E-state index is 0.0687. The molecule has 5 nitrogen and oxygen atoms in total. The van der Waals surface area contributed by atoms with E-state index < -0.39 is 0 Å². The lowest BCUT2D eigenvalue weighted by atomic mass is 9.82. The molecule has 0 aliphatic carbocycles. The maximum absolute atomic E-state index is 13.2. The number of amides is 3. The normalized spacial score (nSPS) is 12.2. The van der Waals surface area contributed by atoms with Crippen LogP contribution in [-0.2, 0) is 4.79 Å². The second kappa shape index (κ2) is 8.20. The van der Waals surface area contributed by atoms with Gasteiger partial charge in [-0.3, -0.25) is 4.79 Å². The first-order valence-electron chi connectivity index (χ1n) is 8.75. The number of anilines is 2. The van der Waals surface area contributed by atoms with Gasteiger partial charge in [-0.05, 0) is 47.4 Å². The first kappa shape index (κ1) is 20.4. The number of nitrogens with one attached hydrogen (secondary N) is 2. The van der Waals surface area contributed by atoms with E-state index in [0.717, 1.165) is 11.3 Å². The third kappa shape index (κ3) is 5.54. The average Bonchev–Trinajstić information content (AvgIpc) is 2.59. The van der Waals surface area contributed by atoms with Crippen LogP contribution in [0.2, 0.25) is 0 Å². The Bertz CT molecular complexity index is 796. The molecule has 0 spiro atoms. The van der Waals surface area contributed by atoms with Crippen LogP contribution in [0.3, 0.4) is 0 Å². The predicted molar refractivity (Wildman–Crippen MR) is 106 cm³/mol. The highest BCUT2D eigenvalue weighted by atomic mass is 19.1. The molecule has 3 amide bonds. The molecule has 0 aliphatic heterocycles. The van der Waals surface area contributed by atoms with Gasteiger partial charge < -0.3 is 15.5 Å². The molecule has 0 radical (unpaired) electrons. The molecule has 0 saturated carbocycles. The summed E-state index contributed by atoms with van der Waals surface area (Å²) in [5, 5.41) is 5.75. The van der Waals surface area contributed by atoms with Crippen molar-refractivity contribution in [3.05, 3.63) is 59.9 Å². The first-order valence-corrected chi connectivity index (χ1v) is 8.75. The number of nitrogens with zero attached hydrogens (tertiary/aromatic N) is 1. The smallest absolute Gasteiger partial charge is 0.319 e. The predicted octanol–water partition coefficient (Wildman–Crippen LogP) is 4.72. The largest absolute Gasteiger partial charge is 0.331 e. The van der Waals surface area contributed by atoms with Crippen molar-refractivity contribution in [3.63, 3.8) is 0 Å². The highest BCUT2D eigenvalue weighted by Gasteiger charge is 2.28. The molecule has 0 fully saturated rings. The van der Waals surface area contributed by atoms with Crippen LogP contribution in [0.4, 0.5) is 20.6 Å². The van der Waals surface area contributed by atoms with Crippen molar-refractivity contribution in [2.24, 2.45) is 5.41 Å². The number of halogens is 1. The molecule has 6 heteroatoms. The van der Waals surface area contributed by atoms with Crippen LogP contribution < -0.4 is 15.5 Å². The summed E-state index contributed by atoms with van der Waals surface area (Å²) in [4.78, 5) is 25.4. The number of carbonyl (C=O) groups is 2. The summed E-state index contributed by atoms with van der Waals surface area (Å²) in [7, 11) is 1.69. The van der Waals surface area contributed by atoms with Gasteiger partial charge in [-0.1, -0.05) is 32.9 Å². The minimum Gasteiger partial charge on any atom is -0.331 e. The van der Waals surface area contributed by atoms with Gasteiger partial charge in [0, 0.05) is 25.3 Å². The zero-order chi connectivity index (χ0) is 20.2. The second-order valence-corrected chi connectivity index (χ2v) is 7.57. The van der Waals surface area contributed by atoms with E-state index in [2.05, 4.69) is 10.6 Å². The molecular formula is C21H26FN3O2. The molecule has 0 saturated heterocycles. The average molecular weight is 371 g/mol. The molecule has 1 unspecified atom stereocenters. The summed E-state index contributed by atoms with van der Waals surface area (Å²) in [6, 6.07) is 12.5. The molecule has 0 bridgehead atoms. The molecule has 2 aromatic rings. The number of carbonyl (C=O) groups excluding carboxylic acids is 2. The zero-order valence-electron chi connectivity index (χ0n) is 16.3. The number of rotatable bonds is 4. The van der Waals surface area contributed by atoms with Crippen LogP contribution in [-0.4, -0.2) is 19.0 Å². The van der Waals surface area contributed by atoms with Gasteiger partial charge in [0.1, 0.15) is 5.82 Å². The fraction of sp³-hybridized carbons (Fsp3) is 0.333. The lowest BCUT2D eigenvalue weighted by Crippen LogP contribution is -2.39. The fourth-order valence-corrected chi connectivity index (χ4v) is 2.70. The van der Waals surface area contributed by atoms with E-state index in [0.29, 0.717) is 5.69 Å². The molecular weight excluding hydrogens is 345 g/mol. The molecule has 2 aromatic carbocycles. The van der Waals surface area contributed by atoms with Gasteiger partial charge in [0.05, 0.1) is 6.04 Å². The highest BCUT2D eigenvalue weighted by molar-refractivity contribution is 5.92. The van der Waals surface area contributed by atoms with Gasteiger partial charge in [-0.25, -0.2) is 9.18 Å². The Morgan fingerprint density at radius 2 is 1.56 bits per heavy atom. The van der Waals surface area contributed by atoms with E-state index in [1.54, 1.807) is 43.4 Å². The van der Waals surface area contributed by atoms with Crippen molar-refractivity contribution < 1.29 is 14.0 Å². The van der Waals surface area contributed by atoms with Crippen molar-refractivity contribution in [1.29, 1.82) is 0 Å². The van der Waals surface area contributed by atoms with Gasteiger partial charge in [-0.2, -0.15) is 0 Å². The van der Waals surface area contributed by atoms with Crippen molar-refractivity contribution in [3.8, 4) is 0 Å². The van der Waals surface area contributed by atoms with Crippen LogP contribution in [0.1, 0.15) is 39.3 Å². The van der Waals surface area contributed by atoms with Crippen LogP contribution in [0.5, 0.6) is 0 Å². The van der Waals surface area contributed by atoms with Gasteiger partial charge in [0.25, 0.3) is 0 Å². The fourth-order valence-electron chi connectivity index (χ4n) is 2.70. The highest BCUT2D eigenvalue weighted by Crippen LogP contribution is 2.33. The second-order valence-electron chi connectivity index (χ2n) is 7.57. The Balaban J connectivity index is 2.09. The van der Waals surface area contributed by atoms with E-state index in [-0.39, 0.29) is 29.2 Å². The lowest BCUT2D eigenvalue weighted by Gasteiger charge is -2.32. The molecule has 1 atom stereocenters. The third-order valence-corrected chi connectivity index (χ3v) is 4.33. The Hall–Kier alpha value is -2.89. The maximum atomic E-state index is 13.2. The van der Waals surface area contributed by atoms with Crippen LogP contribution >= 0.6 is 0 Å². The summed E-state index contributed by atoms with van der Waals surface area (Å²) in [5.74, 6) is -0.382. The zero-order valence-corrected chi connectivity index (χ0v) is 16.3. The summed E-state index contributed by atoms with van der Waals surface area (Å²) in [6.07, 6.45) is 0. The Morgan fingerprint density at radius 3 is 2.04 bits per heavy atom. The van der Waals surface area contributed by atoms with Crippen LogP contribution in [0, 0.1) is 11.2 Å². The summed E-state index contributed by atoms with van der Waals surface area (Å²) in [5.41, 5.74) is 1.92. The van der Waals surface area contributed by atoms with E-state index >= 15 is 0 Å². The molecule has 0 aromatic heterocycles. The van der Waals surface area contributed by atoms with Crippen molar-refractivity contribution in [2.45, 2.75) is 33.7 Å². The Labute approximate surface area is 159 Å². The van der Waals surface area contributed by atoms with Gasteiger partial charge in [0.15, 0.2) is 0 Å². The molecule has 27 heavy (non-hydrogen) atoms. The monoisotopic (exact) mass is 371 g/mol. The quantitative estimate of drug-likeness (QED) is 0.817. The SMILES string of the molecule is CC(=O)N(C)c1ccc(NC(=O)NC(c2ccc(F)cc2)C(C)(C)C)cc1. The van der Waals surface area contributed by atoms with E-state index in [1.165, 1.54) is 24.0 Å². The molecule has 2 N–H and O–H groups in total. The molecule has 0 aliphatic rings. The van der Waals surface area contributed by atoms with Crippen molar-refractivity contribution in [2.75, 3.05) is 17.3 Å². The van der Waals surface area contributed by atoms with E-state index in [4.69, 9.17) is 0 Å². The standard InChI is InChI=1S/C21H26FN3O2/c1-14(26)25(5)18-12-10-17(11-13-18)23-20(27)24-19(21(2,3)4)15-6-8-16(22)9-7-15/h6-13,19H,1-5H3,(H2,23,24,27). The summed E-state index contributed by atoms with van der Waals surface area (Å²) in [6.45, 7) is 7.51. The minimum atomic E-state index is -0.355. The van der Waals surface area contributed by atoms with Crippen LogP contribution in [0.25, 0.3) is 0 Å². The molecule has 0 heterocycles. The Morgan fingerprint density at radius 1 is 1.00 bits per heavy atom. The molecule has 144 valence electrons. The maximum Gasteiger partial charge on any atom is 0.319 e. The number of hydrogen-bond donors (Lipinski definition) is 2. The number of urea groups is 1. The molecule has 2 rings (SSSR count). The van der Waals surface area contributed by atoms with Gasteiger partial charge >= 0.3 is 6.03 Å². The topological polar surface area (TPSA) is 61.4 Å². The summed E-state index contributed by atoms with van der Waals surface area (Å²) >= 11 is 0. The van der Waals surface area contributed by atoms with E-state index in [9.17, 15) is 14.0 Å². The third-order valence-electron chi connectivity index (χ3n) is 4.33. The van der Waals surface area contributed by atoms with Gasteiger partial charge in [0.2, 0.25) is 5.91 Å². The van der Waals surface area contributed by atoms with Gasteiger partial charge in [-0.15, -0.1) is 0 Å². The number of benzene rings is 2. The number of hydrogen-bond acceptors (Lipinski definition) is 2. The van der Waals surface area contributed by atoms with E-state index in [1.807, 2.05) is 20.8 Å². The Kier molecular flexibility index (Phi) is 6.20. The van der Waals surface area contributed by atoms with Crippen LogP contribution in [0.15, 0.2) is 48.5 Å². The first-order chi connectivity index (χ1) is 12.6.